The lowest BCUT2D eigenvalue weighted by atomic mass is 9.68. The van der Waals surface area contributed by atoms with Crippen LogP contribution in [-0.2, 0) is 21.5 Å². The number of carbonyl (C=O) groups is 1. The topological polar surface area (TPSA) is 78.9 Å². The fourth-order valence-corrected chi connectivity index (χ4v) is 9.35. The number of aliphatic hydroxyl groups is 1. The predicted molar refractivity (Wildman–Crippen MR) is 168 cm³/mol. The Balaban J connectivity index is 1.41. The maximum atomic E-state index is 13.6. The number of anilines is 1. The molecule has 6 nitrogen and oxygen atoms in total. The maximum absolute atomic E-state index is 13.6. The van der Waals surface area contributed by atoms with E-state index in [0.717, 1.165) is 80.9 Å². The molecule has 1 saturated carbocycles. The van der Waals surface area contributed by atoms with Gasteiger partial charge in [-0.25, -0.2) is 4.21 Å². The van der Waals surface area contributed by atoms with Gasteiger partial charge in [0.1, 0.15) is 5.75 Å². The molecule has 0 aromatic heterocycles. The molecule has 1 amide bonds. The highest BCUT2D eigenvalue weighted by atomic mass is 35.5. The number of ether oxygens (including phenoxy) is 1. The average molecular weight is 599 g/mol. The highest BCUT2D eigenvalue weighted by molar-refractivity contribution is 7.99. The summed E-state index contributed by atoms with van der Waals surface area (Å²) in [5.41, 5.74) is 3.73. The molecule has 2 heterocycles. The van der Waals surface area contributed by atoms with Gasteiger partial charge in [0.2, 0.25) is 0 Å². The number of hydrogen-bond donors (Lipinski definition) is 2. The van der Waals surface area contributed by atoms with E-state index >= 15 is 0 Å². The summed E-state index contributed by atoms with van der Waals surface area (Å²) in [6.45, 7) is 6.08. The molecule has 1 fully saturated rings. The summed E-state index contributed by atoms with van der Waals surface area (Å²) in [7, 11) is -2.88. The monoisotopic (exact) mass is 598 g/mol. The summed E-state index contributed by atoms with van der Waals surface area (Å²) < 4.78 is 23.0. The molecule has 0 radical (unpaired) electrons. The van der Waals surface area contributed by atoms with Crippen LogP contribution in [0.3, 0.4) is 0 Å². The van der Waals surface area contributed by atoms with Crippen molar-refractivity contribution in [2.24, 2.45) is 17.8 Å². The second-order valence-corrected chi connectivity index (χ2v) is 16.0. The Bertz CT molecular complexity index is 1430. The van der Waals surface area contributed by atoms with Crippen molar-refractivity contribution in [3.05, 3.63) is 58.1 Å². The fraction of sp³-hybridized carbons (Fsp3) is 0.576. The highest BCUT2D eigenvalue weighted by Crippen LogP contribution is 2.47. The summed E-state index contributed by atoms with van der Waals surface area (Å²) in [5, 5.41) is 11.7. The van der Waals surface area contributed by atoms with Gasteiger partial charge in [0.15, 0.2) is 0 Å². The lowest BCUT2D eigenvalue weighted by Crippen LogP contribution is -2.49. The third-order valence-electron chi connectivity index (χ3n) is 10.6. The van der Waals surface area contributed by atoms with E-state index in [4.69, 9.17) is 16.3 Å². The van der Waals surface area contributed by atoms with Crippen LogP contribution in [-0.4, -0.2) is 52.1 Å². The molecule has 2 bridgehead atoms. The standard InChI is InChI=1S/C33H43ClN2O4S/c1-21-6-4-8-30(37)27-12-9-25(27)18-36-19-33(15-5-7-23-16-26(34)11-13-28(23)33)20-40-31-14-10-24(17-29(31)36)32(38)35-41(3,39)22(21)2/h10-11,13-14,16-17,21-22,25,27,30,37H,3-9,12,15,18-20H2,1-2H3,(H,35,38,39)/t21-,22-,25-,27+,30-,33-,41?/m0/s1. The number of fused-ring (bicyclic) bond motifs is 4. The molecule has 8 heteroatoms. The minimum atomic E-state index is -2.88. The Kier molecular flexibility index (Phi) is 7.84. The third kappa shape index (κ3) is 5.50. The molecule has 0 saturated heterocycles. The normalized spacial score (nSPS) is 35.8. The van der Waals surface area contributed by atoms with Gasteiger partial charge >= 0.3 is 0 Å². The van der Waals surface area contributed by atoms with Gasteiger partial charge in [0.25, 0.3) is 5.91 Å². The van der Waals surface area contributed by atoms with E-state index in [1.807, 2.05) is 25.1 Å². The number of benzene rings is 2. The van der Waals surface area contributed by atoms with Gasteiger partial charge in [-0.1, -0.05) is 31.0 Å². The molecule has 6 rings (SSSR count). The van der Waals surface area contributed by atoms with Crippen molar-refractivity contribution in [3.8, 4) is 5.75 Å². The van der Waals surface area contributed by atoms with Crippen LogP contribution in [0.25, 0.3) is 0 Å². The largest absolute Gasteiger partial charge is 0.490 e. The Labute approximate surface area is 249 Å². The van der Waals surface area contributed by atoms with Crippen LogP contribution in [0.15, 0.2) is 36.4 Å². The smallest absolute Gasteiger partial charge is 0.262 e. The highest BCUT2D eigenvalue weighted by Gasteiger charge is 2.44. The Morgan fingerprint density at radius 2 is 1.95 bits per heavy atom. The zero-order chi connectivity index (χ0) is 28.9. The van der Waals surface area contributed by atoms with Crippen molar-refractivity contribution in [2.75, 3.05) is 24.6 Å². The first-order valence-corrected chi connectivity index (χ1v) is 17.4. The summed E-state index contributed by atoms with van der Waals surface area (Å²) in [5.74, 6) is 5.10. The number of amides is 1. The molecule has 7 atom stereocenters. The number of nitrogens with one attached hydrogen (secondary N) is 1. The van der Waals surface area contributed by atoms with Crippen molar-refractivity contribution < 1.29 is 18.8 Å². The van der Waals surface area contributed by atoms with Crippen LogP contribution >= 0.6 is 11.6 Å². The van der Waals surface area contributed by atoms with Crippen LogP contribution in [0, 0.1) is 17.8 Å². The van der Waals surface area contributed by atoms with E-state index in [9.17, 15) is 14.1 Å². The summed E-state index contributed by atoms with van der Waals surface area (Å²) in [6.07, 6.45) is 7.31. The van der Waals surface area contributed by atoms with Crippen molar-refractivity contribution in [1.82, 2.24) is 4.72 Å². The fourth-order valence-electron chi connectivity index (χ4n) is 7.65. The van der Waals surface area contributed by atoms with Crippen LogP contribution in [0.5, 0.6) is 5.75 Å². The van der Waals surface area contributed by atoms with E-state index in [2.05, 4.69) is 34.5 Å². The van der Waals surface area contributed by atoms with Gasteiger partial charge in [-0.05, 0) is 117 Å². The lowest BCUT2D eigenvalue weighted by Gasteiger charge is -2.46. The first-order chi connectivity index (χ1) is 19.6. The van der Waals surface area contributed by atoms with E-state index in [-0.39, 0.29) is 34.5 Å². The SMILES string of the molecule is C=S1(=O)NC(=O)c2ccc3c(c2)N(C[C@@H]2CC[C@H]2[C@@H](O)CCC[C@H](C)[C@@H]1C)C[C@@]1(CCCc2cc(Cl)ccc21)CO3. The number of aryl methyl sites for hydroxylation is 1. The molecule has 222 valence electrons. The summed E-state index contributed by atoms with van der Waals surface area (Å²) in [6, 6.07) is 11.8. The van der Waals surface area contributed by atoms with E-state index < -0.39 is 9.71 Å². The van der Waals surface area contributed by atoms with Crippen molar-refractivity contribution >= 4 is 38.8 Å². The Hall–Kier alpha value is -2.22. The average Bonchev–Trinajstić information content (AvgIpc) is 3.06. The number of carbonyl (C=O) groups excluding carboxylic acids is 1. The molecule has 2 N–H and O–H groups in total. The van der Waals surface area contributed by atoms with Crippen molar-refractivity contribution in [1.29, 1.82) is 0 Å². The third-order valence-corrected chi connectivity index (χ3v) is 13.0. The Morgan fingerprint density at radius 3 is 2.73 bits per heavy atom. The van der Waals surface area contributed by atoms with Crippen LogP contribution in [0.1, 0.15) is 80.3 Å². The molecule has 2 aliphatic heterocycles. The maximum Gasteiger partial charge on any atom is 0.262 e. The van der Waals surface area contributed by atoms with Crippen LogP contribution in [0.4, 0.5) is 5.69 Å². The molecule has 41 heavy (non-hydrogen) atoms. The van der Waals surface area contributed by atoms with Gasteiger partial charge in [-0.3, -0.25) is 9.52 Å². The zero-order valence-electron chi connectivity index (χ0n) is 24.2. The number of aliphatic hydroxyl groups excluding tert-OH is 1. The quantitative estimate of drug-likeness (QED) is 0.377. The van der Waals surface area contributed by atoms with Crippen molar-refractivity contribution in [2.45, 2.75) is 82.0 Å². The first-order valence-electron chi connectivity index (χ1n) is 15.2. The van der Waals surface area contributed by atoms with Crippen LogP contribution < -0.4 is 14.4 Å². The van der Waals surface area contributed by atoms with Gasteiger partial charge in [0, 0.05) is 34.3 Å². The van der Waals surface area contributed by atoms with E-state index in [0.29, 0.717) is 18.1 Å². The number of halogens is 1. The molecule has 1 unspecified atom stereocenters. The van der Waals surface area contributed by atoms with Gasteiger partial charge in [0.05, 0.1) is 28.1 Å². The molecule has 4 aliphatic rings. The first kappa shape index (κ1) is 28.9. The molecule has 2 aromatic rings. The molecule has 2 aliphatic carbocycles. The second-order valence-electron chi connectivity index (χ2n) is 13.1. The number of nitrogens with zero attached hydrogens (tertiary/aromatic N) is 1. The number of rotatable bonds is 0. The van der Waals surface area contributed by atoms with Gasteiger partial charge in [-0.15, -0.1) is 0 Å². The van der Waals surface area contributed by atoms with Gasteiger partial charge < -0.3 is 14.7 Å². The van der Waals surface area contributed by atoms with Crippen LogP contribution in [0.2, 0.25) is 5.02 Å². The van der Waals surface area contributed by atoms with Gasteiger partial charge in [-0.2, -0.15) is 0 Å². The predicted octanol–water partition coefficient (Wildman–Crippen LogP) is 5.77. The van der Waals surface area contributed by atoms with E-state index in [1.54, 1.807) is 6.07 Å². The number of hydrogen-bond acceptors (Lipinski definition) is 5. The summed E-state index contributed by atoms with van der Waals surface area (Å²) in [4.78, 5) is 15.9. The van der Waals surface area contributed by atoms with E-state index in [1.165, 1.54) is 11.1 Å². The minimum absolute atomic E-state index is 0.109. The minimum Gasteiger partial charge on any atom is -0.490 e. The molecular formula is C33H43ClN2O4S. The molecule has 1 spiro atoms. The molecular weight excluding hydrogens is 556 g/mol. The zero-order valence-corrected chi connectivity index (χ0v) is 25.8. The molecule has 2 aromatic carbocycles. The Morgan fingerprint density at radius 1 is 1.12 bits per heavy atom. The second kappa shape index (κ2) is 11.1. The van der Waals surface area contributed by atoms with Crippen molar-refractivity contribution in [3.63, 3.8) is 0 Å². The summed E-state index contributed by atoms with van der Waals surface area (Å²) >= 11 is 6.40. The lowest BCUT2D eigenvalue weighted by molar-refractivity contribution is 0.00857.